The summed E-state index contributed by atoms with van der Waals surface area (Å²) in [7, 11) is 3.78. The average molecular weight is 991 g/mol. The molecule has 1 atom stereocenters. The Morgan fingerprint density at radius 1 is 0.589 bits per heavy atom. The molecule has 0 bridgehead atoms. The van der Waals surface area contributed by atoms with Gasteiger partial charge in [0.1, 0.15) is 23.5 Å². The molecule has 0 fully saturated rings. The SMILES string of the molecule is CCCCCC(=O)c1ccccc1.COc1ccc(C(=O)c2ccc(OC)cc2)cc1.COc1ccc(C=O)cc1.Cc1cc(C)c2c(c1)Cc1ccccc1S2=O.O=C1C=c2cc3ccccc3cc2=CC1. The first kappa shape index (κ1) is 54.3. The highest BCUT2D eigenvalue weighted by Gasteiger charge is 2.23. The molecular weight excluding hydrogens is 929 g/mol. The molecule has 0 saturated heterocycles. The lowest BCUT2D eigenvalue weighted by molar-refractivity contribution is -0.112. The number of aldehydes is 1. The van der Waals surface area contributed by atoms with Crippen LogP contribution in [0.3, 0.4) is 0 Å². The summed E-state index contributed by atoms with van der Waals surface area (Å²) in [4.78, 5) is 47.1. The Morgan fingerprint density at radius 2 is 1.12 bits per heavy atom. The van der Waals surface area contributed by atoms with E-state index in [1.54, 1.807) is 100 Å². The fourth-order valence-electron chi connectivity index (χ4n) is 8.24. The first-order valence-corrected chi connectivity index (χ1v) is 25.4. The number of hydrogen-bond donors (Lipinski definition) is 0. The number of rotatable bonds is 11. The van der Waals surface area contributed by atoms with Crippen molar-refractivity contribution in [1.29, 1.82) is 0 Å². The molecule has 2 aliphatic rings. The summed E-state index contributed by atoms with van der Waals surface area (Å²) in [6.45, 7) is 6.29. The monoisotopic (exact) mass is 990 g/mol. The normalized spacial score (nSPS) is 12.4. The first-order chi connectivity index (χ1) is 35.4. The lowest BCUT2D eigenvalue weighted by Crippen LogP contribution is -2.28. The summed E-state index contributed by atoms with van der Waals surface area (Å²) in [6.07, 6.45) is 10.0. The first-order valence-electron chi connectivity index (χ1n) is 24.3. The Bertz CT molecular complexity index is 3240. The zero-order valence-corrected chi connectivity index (χ0v) is 43.2. The standard InChI is InChI=1S/C15H14O3.C15H14OS.C14H10O.C12H16O.C8H8O2/c1-17-13-7-3-11(4-8-13)15(16)12-5-9-14(18-2)10-6-12;1-10-7-11(2)15-13(8-10)9-12-5-3-4-6-14(12)17(15)16;15-14-6-5-12-7-10-3-1-2-4-11(10)8-13(12)9-14;1-2-3-5-10-12(13)11-8-6-4-7-9-11;1-10-8-4-2-7(6-9)3-5-8/h3-10H,1-2H3;3-8H,9H2,1-2H3;1-5,7-9H,6H2;4,6-9H,2-3,5,10H2,1H3;2-6H,1H3. The quantitative estimate of drug-likeness (QED) is 0.0715. The Labute approximate surface area is 431 Å². The summed E-state index contributed by atoms with van der Waals surface area (Å²) in [5.41, 5.74) is 7.61. The van der Waals surface area contributed by atoms with Crippen LogP contribution >= 0.6 is 0 Å². The lowest BCUT2D eigenvalue weighted by atomic mass is 10.00. The van der Waals surface area contributed by atoms with Gasteiger partial charge in [0.05, 0.1) is 37.0 Å². The van der Waals surface area contributed by atoms with E-state index in [9.17, 15) is 23.4 Å². The van der Waals surface area contributed by atoms with Crippen LogP contribution < -0.4 is 24.6 Å². The Hall–Kier alpha value is -8.01. The third-order valence-corrected chi connectivity index (χ3v) is 13.8. The minimum Gasteiger partial charge on any atom is -0.497 e. The van der Waals surface area contributed by atoms with Gasteiger partial charge in [0.15, 0.2) is 17.3 Å². The summed E-state index contributed by atoms with van der Waals surface area (Å²) >= 11 is 0. The van der Waals surface area contributed by atoms with Crippen LogP contribution in [0.5, 0.6) is 17.2 Å². The molecule has 1 aliphatic carbocycles. The fraction of sp³-hybridized carbons (Fsp3) is 0.188. The van der Waals surface area contributed by atoms with E-state index in [1.165, 1.54) is 39.1 Å². The van der Waals surface area contributed by atoms with E-state index in [0.29, 0.717) is 29.5 Å². The maximum absolute atomic E-state index is 12.6. The van der Waals surface area contributed by atoms with Crippen LogP contribution in [-0.2, 0) is 22.0 Å². The lowest BCUT2D eigenvalue weighted by Gasteiger charge is -2.21. The van der Waals surface area contributed by atoms with Gasteiger partial charge in [-0.15, -0.1) is 0 Å². The largest absolute Gasteiger partial charge is 0.497 e. The molecule has 8 aromatic rings. The molecule has 1 unspecified atom stereocenters. The molecule has 73 heavy (non-hydrogen) atoms. The average Bonchev–Trinajstić information content (AvgIpc) is 3.43. The van der Waals surface area contributed by atoms with Crippen LogP contribution in [-0.4, -0.2) is 49.2 Å². The predicted molar refractivity (Wildman–Crippen MR) is 294 cm³/mol. The Balaban J connectivity index is 0.000000151. The number of methoxy groups -OCH3 is 3. The summed E-state index contributed by atoms with van der Waals surface area (Å²) in [5, 5.41) is 4.64. The van der Waals surface area contributed by atoms with Gasteiger partial charge in [0.2, 0.25) is 0 Å². The molecule has 0 saturated carbocycles. The van der Waals surface area contributed by atoms with E-state index in [2.05, 4.69) is 63.2 Å². The number of benzene rings is 8. The number of unbranched alkanes of at least 4 members (excludes halogenated alkanes) is 2. The van der Waals surface area contributed by atoms with E-state index in [0.717, 1.165) is 68.9 Å². The Morgan fingerprint density at radius 3 is 1.68 bits per heavy atom. The molecule has 10 rings (SSSR count). The van der Waals surface area contributed by atoms with Crippen LogP contribution in [0, 0.1) is 13.8 Å². The van der Waals surface area contributed by atoms with Crippen molar-refractivity contribution in [3.63, 3.8) is 0 Å². The molecule has 0 spiro atoms. The van der Waals surface area contributed by atoms with Crippen LogP contribution in [0.2, 0.25) is 0 Å². The molecule has 0 N–H and O–H groups in total. The number of Topliss-reactive ketones (excluding diaryl/α,β-unsaturated/α-hetero) is 2. The molecule has 9 heteroatoms. The number of ether oxygens (including phenoxy) is 3. The second-order valence-electron chi connectivity index (χ2n) is 17.4. The van der Waals surface area contributed by atoms with E-state index in [-0.39, 0.29) is 17.3 Å². The van der Waals surface area contributed by atoms with Crippen LogP contribution in [0.4, 0.5) is 0 Å². The minimum absolute atomic E-state index is 0.0136. The van der Waals surface area contributed by atoms with Crippen molar-refractivity contribution < 1.29 is 37.6 Å². The molecule has 0 radical (unpaired) electrons. The topological polar surface area (TPSA) is 113 Å². The van der Waals surface area contributed by atoms with Crippen molar-refractivity contribution >= 4 is 57.4 Å². The highest BCUT2D eigenvalue weighted by Crippen LogP contribution is 2.34. The van der Waals surface area contributed by atoms with Crippen LogP contribution in [0.15, 0.2) is 186 Å². The number of carbonyl (C=O) groups is 4. The third-order valence-electron chi connectivity index (χ3n) is 12.1. The van der Waals surface area contributed by atoms with Crippen molar-refractivity contribution in [2.75, 3.05) is 21.3 Å². The zero-order valence-electron chi connectivity index (χ0n) is 42.4. The zero-order chi connectivity index (χ0) is 52.1. The van der Waals surface area contributed by atoms with Gasteiger partial charge < -0.3 is 14.2 Å². The van der Waals surface area contributed by atoms with Crippen molar-refractivity contribution in [3.8, 4) is 17.2 Å². The number of fused-ring (bicyclic) bond motifs is 4. The van der Waals surface area contributed by atoms with Crippen molar-refractivity contribution in [2.24, 2.45) is 0 Å². The molecular formula is C64H62O8S. The summed E-state index contributed by atoms with van der Waals surface area (Å²) < 4.78 is 27.6. The van der Waals surface area contributed by atoms with Crippen LogP contribution in [0.25, 0.3) is 22.9 Å². The van der Waals surface area contributed by atoms with Gasteiger partial charge >= 0.3 is 0 Å². The minimum atomic E-state index is -1.01. The summed E-state index contributed by atoms with van der Waals surface area (Å²) in [5.74, 6) is 2.69. The molecule has 8 nitrogen and oxygen atoms in total. The molecule has 372 valence electrons. The van der Waals surface area contributed by atoms with Gasteiger partial charge in [-0.3, -0.25) is 19.2 Å². The van der Waals surface area contributed by atoms with Gasteiger partial charge in [-0.25, -0.2) is 4.21 Å². The van der Waals surface area contributed by atoms with Crippen molar-refractivity contribution in [2.45, 2.75) is 69.1 Å². The van der Waals surface area contributed by atoms with Crippen molar-refractivity contribution in [3.05, 3.63) is 231 Å². The molecule has 0 amide bonds. The van der Waals surface area contributed by atoms with Gasteiger partial charge in [-0.1, -0.05) is 116 Å². The number of hydrogen-bond acceptors (Lipinski definition) is 8. The number of aryl methyl sites for hydroxylation is 2. The van der Waals surface area contributed by atoms with Gasteiger partial charge in [-0.05, 0) is 162 Å². The van der Waals surface area contributed by atoms with Crippen LogP contribution in [0.1, 0.15) is 97.9 Å². The van der Waals surface area contributed by atoms with Crippen molar-refractivity contribution in [1.82, 2.24) is 0 Å². The maximum Gasteiger partial charge on any atom is 0.193 e. The van der Waals surface area contributed by atoms with E-state index < -0.39 is 10.8 Å². The maximum atomic E-state index is 12.6. The molecule has 0 aromatic heterocycles. The second-order valence-corrected chi connectivity index (χ2v) is 18.8. The fourth-order valence-corrected chi connectivity index (χ4v) is 9.76. The van der Waals surface area contributed by atoms with E-state index >= 15 is 0 Å². The highest BCUT2D eigenvalue weighted by molar-refractivity contribution is 7.85. The Kier molecular flexibility index (Phi) is 20.5. The van der Waals surface area contributed by atoms with Gasteiger partial charge in [0, 0.05) is 40.0 Å². The van der Waals surface area contributed by atoms with E-state index in [4.69, 9.17) is 14.2 Å². The van der Waals surface area contributed by atoms with Gasteiger partial charge in [0.25, 0.3) is 0 Å². The molecule has 8 aromatic carbocycles. The number of carbonyl (C=O) groups excluding carboxylic acids is 4. The second kappa shape index (κ2) is 27.6. The smallest absolute Gasteiger partial charge is 0.193 e. The summed E-state index contributed by atoms with van der Waals surface area (Å²) in [6, 6.07) is 55.3. The number of ketones is 3. The van der Waals surface area contributed by atoms with E-state index in [1.807, 2.05) is 66.7 Å². The molecule has 1 aliphatic heterocycles. The highest BCUT2D eigenvalue weighted by atomic mass is 32.2. The molecule has 1 heterocycles. The predicted octanol–water partition coefficient (Wildman–Crippen LogP) is 12.6. The van der Waals surface area contributed by atoms with Gasteiger partial charge in [-0.2, -0.15) is 0 Å². The third kappa shape index (κ3) is 15.5.